The van der Waals surface area contributed by atoms with Crippen molar-refractivity contribution in [3.63, 3.8) is 0 Å². The maximum atomic E-state index is 13.2. The first-order valence-electron chi connectivity index (χ1n) is 6.31. The second kappa shape index (κ2) is 4.89. The first-order valence-corrected chi connectivity index (χ1v) is 6.31. The normalized spacial score (nSPS) is 18.2. The summed E-state index contributed by atoms with van der Waals surface area (Å²) in [7, 11) is 0. The van der Waals surface area contributed by atoms with Gasteiger partial charge in [0.2, 0.25) is 5.91 Å². The van der Waals surface area contributed by atoms with Crippen LogP contribution in [-0.4, -0.2) is 17.1 Å². The zero-order valence-electron chi connectivity index (χ0n) is 10.9. The molecule has 0 bridgehead atoms. The molecule has 1 atom stereocenters. The third-order valence-electron chi connectivity index (χ3n) is 3.43. The summed E-state index contributed by atoms with van der Waals surface area (Å²) in [6.45, 7) is 3.46. The molecule has 0 spiro atoms. The van der Waals surface area contributed by atoms with Crippen LogP contribution < -0.4 is 5.32 Å². The highest BCUT2D eigenvalue weighted by atomic mass is 19.1. The van der Waals surface area contributed by atoms with E-state index in [1.54, 1.807) is 13.8 Å². The van der Waals surface area contributed by atoms with E-state index in [9.17, 15) is 18.7 Å². The van der Waals surface area contributed by atoms with Crippen LogP contribution in [0.25, 0.3) is 0 Å². The number of hydrogen-bond donors (Lipinski definition) is 2. The Balaban J connectivity index is 2.17. The number of rotatable bonds is 4. The van der Waals surface area contributed by atoms with Gasteiger partial charge in [-0.2, -0.15) is 0 Å². The number of benzene rings is 1. The molecule has 1 aromatic rings. The van der Waals surface area contributed by atoms with Crippen molar-refractivity contribution in [1.82, 2.24) is 5.32 Å². The molecule has 1 aliphatic rings. The molecule has 1 aliphatic carbocycles. The average molecular weight is 269 g/mol. The van der Waals surface area contributed by atoms with E-state index in [0.717, 1.165) is 6.07 Å². The minimum Gasteiger partial charge on any atom is -0.383 e. The lowest BCUT2D eigenvalue weighted by molar-refractivity contribution is -0.132. The van der Waals surface area contributed by atoms with Gasteiger partial charge in [0.1, 0.15) is 17.7 Å². The summed E-state index contributed by atoms with van der Waals surface area (Å²) in [6, 6.07) is 3.24. The molecule has 19 heavy (non-hydrogen) atoms. The lowest BCUT2D eigenvalue weighted by Crippen LogP contribution is -2.43. The first-order chi connectivity index (χ1) is 8.84. The van der Waals surface area contributed by atoms with Gasteiger partial charge >= 0.3 is 0 Å². The van der Waals surface area contributed by atoms with Crippen molar-refractivity contribution in [2.24, 2.45) is 5.92 Å². The second-order valence-electron chi connectivity index (χ2n) is 5.42. The zero-order valence-corrected chi connectivity index (χ0v) is 10.9. The van der Waals surface area contributed by atoms with Gasteiger partial charge in [0.05, 0.1) is 5.54 Å². The van der Waals surface area contributed by atoms with Crippen LogP contribution in [0, 0.1) is 17.6 Å². The zero-order chi connectivity index (χ0) is 14.2. The summed E-state index contributed by atoms with van der Waals surface area (Å²) in [5.74, 6) is -2.04. The predicted octanol–water partition coefficient (Wildman–Crippen LogP) is 2.09. The van der Waals surface area contributed by atoms with Crippen molar-refractivity contribution >= 4 is 5.91 Å². The number of aliphatic hydroxyl groups is 1. The van der Waals surface area contributed by atoms with Gasteiger partial charge in [-0.1, -0.05) is 13.8 Å². The molecule has 1 fully saturated rings. The number of carbonyl (C=O) groups excluding carboxylic acids is 1. The van der Waals surface area contributed by atoms with Gasteiger partial charge in [-0.05, 0) is 36.5 Å². The number of carbonyl (C=O) groups is 1. The number of amides is 1. The van der Waals surface area contributed by atoms with Crippen LogP contribution in [0.3, 0.4) is 0 Å². The number of aliphatic hydroxyl groups excluding tert-OH is 1. The number of halogens is 2. The van der Waals surface area contributed by atoms with Crippen molar-refractivity contribution in [2.45, 2.75) is 38.3 Å². The van der Waals surface area contributed by atoms with E-state index in [1.165, 1.54) is 12.1 Å². The lowest BCUT2D eigenvalue weighted by atomic mass is 10.0. The summed E-state index contributed by atoms with van der Waals surface area (Å²) in [5, 5.41) is 12.4. The molecule has 2 N–H and O–H groups in total. The van der Waals surface area contributed by atoms with E-state index in [1.807, 2.05) is 0 Å². The summed E-state index contributed by atoms with van der Waals surface area (Å²) in [5.41, 5.74) is -0.315. The molecule has 1 aromatic carbocycles. The second-order valence-corrected chi connectivity index (χ2v) is 5.42. The van der Waals surface area contributed by atoms with Crippen LogP contribution >= 0.6 is 0 Å². The molecule has 2 rings (SSSR count). The smallest absolute Gasteiger partial charge is 0.249 e. The summed E-state index contributed by atoms with van der Waals surface area (Å²) < 4.78 is 26.4. The molecule has 1 amide bonds. The molecular formula is C14H17F2NO2. The largest absolute Gasteiger partial charge is 0.383 e. The van der Waals surface area contributed by atoms with E-state index in [2.05, 4.69) is 5.32 Å². The fraction of sp³-hybridized carbons (Fsp3) is 0.500. The van der Waals surface area contributed by atoms with Gasteiger partial charge in [-0.25, -0.2) is 8.78 Å². The van der Waals surface area contributed by atoms with Gasteiger partial charge in [0.25, 0.3) is 0 Å². The summed E-state index contributed by atoms with van der Waals surface area (Å²) >= 11 is 0. The van der Waals surface area contributed by atoms with Crippen LogP contribution in [0.5, 0.6) is 0 Å². The van der Waals surface area contributed by atoms with Crippen LogP contribution in [0.1, 0.15) is 32.3 Å². The van der Waals surface area contributed by atoms with E-state index < -0.39 is 29.2 Å². The standard InChI is InChI=1S/C14H17F2NO2/c1-8(2)12(18)13(19)17-14(3-4-14)9-5-10(15)7-11(16)6-9/h5-8,12,18H,3-4H2,1-2H3,(H,17,19)/t12-/m0/s1. The van der Waals surface area contributed by atoms with E-state index in [0.29, 0.717) is 18.4 Å². The van der Waals surface area contributed by atoms with E-state index >= 15 is 0 Å². The molecule has 0 aromatic heterocycles. The topological polar surface area (TPSA) is 49.3 Å². The van der Waals surface area contributed by atoms with Gasteiger partial charge in [-0.3, -0.25) is 4.79 Å². The Hall–Kier alpha value is -1.49. The molecule has 104 valence electrons. The molecule has 1 saturated carbocycles. The molecular weight excluding hydrogens is 252 g/mol. The van der Waals surface area contributed by atoms with Crippen molar-refractivity contribution in [3.8, 4) is 0 Å². The third-order valence-corrected chi connectivity index (χ3v) is 3.43. The molecule has 0 unspecified atom stereocenters. The first kappa shape index (κ1) is 13.9. The monoisotopic (exact) mass is 269 g/mol. The Morgan fingerprint density at radius 3 is 2.21 bits per heavy atom. The molecule has 0 saturated heterocycles. The maximum absolute atomic E-state index is 13.2. The maximum Gasteiger partial charge on any atom is 0.249 e. The Morgan fingerprint density at radius 2 is 1.79 bits per heavy atom. The highest BCUT2D eigenvalue weighted by Crippen LogP contribution is 2.46. The van der Waals surface area contributed by atoms with E-state index in [4.69, 9.17) is 0 Å². The molecule has 5 heteroatoms. The molecule has 3 nitrogen and oxygen atoms in total. The average Bonchev–Trinajstić information content (AvgIpc) is 3.07. The lowest BCUT2D eigenvalue weighted by Gasteiger charge is -2.22. The molecule has 0 heterocycles. The number of nitrogens with one attached hydrogen (secondary N) is 1. The van der Waals surface area contributed by atoms with Gasteiger partial charge in [0, 0.05) is 6.07 Å². The van der Waals surface area contributed by atoms with Crippen LogP contribution in [0.15, 0.2) is 18.2 Å². The molecule has 0 radical (unpaired) electrons. The fourth-order valence-corrected chi connectivity index (χ4v) is 2.05. The van der Waals surface area contributed by atoms with Crippen LogP contribution in [0.4, 0.5) is 8.78 Å². The quantitative estimate of drug-likeness (QED) is 0.879. The van der Waals surface area contributed by atoms with E-state index in [-0.39, 0.29) is 5.92 Å². The Bertz CT molecular complexity index is 478. The van der Waals surface area contributed by atoms with Crippen LogP contribution in [-0.2, 0) is 10.3 Å². The van der Waals surface area contributed by atoms with Crippen molar-refractivity contribution in [1.29, 1.82) is 0 Å². The minimum absolute atomic E-state index is 0.208. The van der Waals surface area contributed by atoms with Crippen molar-refractivity contribution in [3.05, 3.63) is 35.4 Å². The molecule has 0 aliphatic heterocycles. The Kier molecular flexibility index (Phi) is 3.58. The minimum atomic E-state index is -1.11. The Labute approximate surface area is 110 Å². The predicted molar refractivity (Wildman–Crippen MR) is 66.3 cm³/mol. The summed E-state index contributed by atoms with van der Waals surface area (Å²) in [6.07, 6.45) is 0.120. The highest BCUT2D eigenvalue weighted by Gasteiger charge is 2.47. The van der Waals surface area contributed by atoms with Crippen molar-refractivity contribution in [2.75, 3.05) is 0 Å². The van der Waals surface area contributed by atoms with Gasteiger partial charge in [0.15, 0.2) is 0 Å². The SMILES string of the molecule is CC(C)[C@H](O)C(=O)NC1(c2cc(F)cc(F)c2)CC1. The third kappa shape index (κ3) is 2.92. The number of hydrogen-bond acceptors (Lipinski definition) is 2. The highest BCUT2D eigenvalue weighted by molar-refractivity contribution is 5.82. The van der Waals surface area contributed by atoms with Crippen LogP contribution in [0.2, 0.25) is 0 Å². The fourth-order valence-electron chi connectivity index (χ4n) is 2.05. The Morgan fingerprint density at radius 1 is 1.26 bits per heavy atom. The summed E-state index contributed by atoms with van der Waals surface area (Å²) in [4.78, 5) is 11.8. The van der Waals surface area contributed by atoms with Gasteiger partial charge in [-0.15, -0.1) is 0 Å². The van der Waals surface area contributed by atoms with Gasteiger partial charge < -0.3 is 10.4 Å². The van der Waals surface area contributed by atoms with Crippen molar-refractivity contribution < 1.29 is 18.7 Å².